The summed E-state index contributed by atoms with van der Waals surface area (Å²) >= 11 is 0. The second kappa shape index (κ2) is 9.85. The maximum Gasteiger partial charge on any atom is 0.164 e. The summed E-state index contributed by atoms with van der Waals surface area (Å²) in [5.41, 5.74) is 10.6. The van der Waals surface area contributed by atoms with Gasteiger partial charge in [-0.3, -0.25) is 0 Å². The molecule has 7 aromatic rings. The first kappa shape index (κ1) is 25.3. The normalized spacial score (nSPS) is 13.1. The molecule has 3 heteroatoms. The fraction of sp³-hybridized carbons (Fsp3) is 0.0750. The molecule has 0 fully saturated rings. The molecule has 1 aromatic heterocycles. The van der Waals surface area contributed by atoms with Crippen LogP contribution in [0.5, 0.6) is 0 Å². The van der Waals surface area contributed by atoms with E-state index in [9.17, 15) is 0 Å². The molecule has 0 N–H and O–H groups in total. The Balaban J connectivity index is 1.32. The second-order valence-corrected chi connectivity index (χ2v) is 11.7. The van der Waals surface area contributed by atoms with Gasteiger partial charge in [-0.2, -0.15) is 0 Å². The molecule has 204 valence electrons. The molecule has 3 nitrogen and oxygen atoms in total. The van der Waals surface area contributed by atoms with Crippen molar-refractivity contribution >= 4 is 10.8 Å². The highest BCUT2D eigenvalue weighted by atomic mass is 15.0. The van der Waals surface area contributed by atoms with Crippen LogP contribution in [-0.4, -0.2) is 15.0 Å². The third kappa shape index (κ3) is 4.16. The van der Waals surface area contributed by atoms with Crippen LogP contribution in [0.25, 0.3) is 67.2 Å². The number of benzene rings is 6. The zero-order valence-corrected chi connectivity index (χ0v) is 24.1. The SMILES string of the molecule is CC1(C)c2ccccc2-c2c1cc(-c1cccc(-c3nc(-c4ccccc4)nc(-c4ccccc4)n3)c1)c1ccccc21. The lowest BCUT2D eigenvalue weighted by molar-refractivity contribution is 0.661. The molecule has 0 bridgehead atoms. The minimum atomic E-state index is -0.0916. The van der Waals surface area contributed by atoms with Crippen LogP contribution in [0.1, 0.15) is 25.0 Å². The zero-order valence-electron chi connectivity index (χ0n) is 24.1. The number of nitrogens with zero attached hydrogens (tertiary/aromatic N) is 3. The summed E-state index contributed by atoms with van der Waals surface area (Å²) in [5, 5.41) is 2.54. The lowest BCUT2D eigenvalue weighted by Gasteiger charge is -2.23. The van der Waals surface area contributed by atoms with Crippen LogP contribution in [0.2, 0.25) is 0 Å². The number of aromatic nitrogens is 3. The van der Waals surface area contributed by atoms with Gasteiger partial charge in [-0.15, -0.1) is 0 Å². The fourth-order valence-electron chi connectivity index (χ4n) is 6.55. The quantitative estimate of drug-likeness (QED) is 0.218. The molecule has 0 aliphatic heterocycles. The van der Waals surface area contributed by atoms with Crippen molar-refractivity contribution in [1.82, 2.24) is 15.0 Å². The molecule has 0 saturated carbocycles. The Kier molecular flexibility index (Phi) is 5.80. The first-order valence-corrected chi connectivity index (χ1v) is 14.7. The molecule has 1 aliphatic carbocycles. The molecular formula is C40H29N3. The standard InChI is InChI=1S/C40H29N3/c1-40(2)34-23-12-11-22-32(34)36-31-21-10-9-20-30(31)33(25-35(36)40)28-18-13-19-29(24-28)39-42-37(26-14-5-3-6-15-26)41-38(43-39)27-16-7-4-8-17-27/h3-25H,1-2H3. The highest BCUT2D eigenvalue weighted by molar-refractivity contribution is 6.09. The highest BCUT2D eigenvalue weighted by Crippen LogP contribution is 2.53. The van der Waals surface area contributed by atoms with Crippen molar-refractivity contribution in [1.29, 1.82) is 0 Å². The third-order valence-electron chi connectivity index (χ3n) is 8.72. The zero-order chi connectivity index (χ0) is 29.0. The Morgan fingerprint density at radius 3 is 1.58 bits per heavy atom. The minimum absolute atomic E-state index is 0.0916. The van der Waals surface area contributed by atoms with Gasteiger partial charge < -0.3 is 0 Å². The van der Waals surface area contributed by atoms with E-state index in [2.05, 4.69) is 92.7 Å². The number of fused-ring (bicyclic) bond motifs is 5. The predicted octanol–water partition coefficient (Wildman–Crippen LogP) is 10.00. The van der Waals surface area contributed by atoms with Crippen LogP contribution in [0.4, 0.5) is 0 Å². The first-order chi connectivity index (χ1) is 21.1. The molecule has 43 heavy (non-hydrogen) atoms. The van der Waals surface area contributed by atoms with Crippen molar-refractivity contribution in [2.75, 3.05) is 0 Å². The summed E-state index contributed by atoms with van der Waals surface area (Å²) < 4.78 is 0. The van der Waals surface area contributed by atoms with Crippen molar-refractivity contribution < 1.29 is 0 Å². The molecule has 6 aromatic carbocycles. The molecule has 0 unspecified atom stereocenters. The minimum Gasteiger partial charge on any atom is -0.208 e. The van der Waals surface area contributed by atoms with E-state index in [-0.39, 0.29) is 5.41 Å². The molecule has 8 rings (SSSR count). The topological polar surface area (TPSA) is 38.7 Å². The van der Waals surface area contributed by atoms with E-state index in [0.717, 1.165) is 22.3 Å². The van der Waals surface area contributed by atoms with Crippen molar-refractivity contribution in [3.8, 4) is 56.4 Å². The van der Waals surface area contributed by atoms with Gasteiger partial charge >= 0.3 is 0 Å². The lowest BCUT2D eigenvalue weighted by atomic mass is 9.80. The van der Waals surface area contributed by atoms with Gasteiger partial charge in [0.2, 0.25) is 0 Å². The fourth-order valence-corrected chi connectivity index (χ4v) is 6.55. The molecule has 0 amide bonds. The van der Waals surface area contributed by atoms with Crippen molar-refractivity contribution in [3.05, 3.63) is 151 Å². The van der Waals surface area contributed by atoms with Gasteiger partial charge in [0, 0.05) is 22.1 Å². The first-order valence-electron chi connectivity index (χ1n) is 14.7. The summed E-state index contributed by atoms with van der Waals surface area (Å²) in [7, 11) is 0. The molecule has 0 atom stereocenters. The molecular weight excluding hydrogens is 522 g/mol. The van der Waals surface area contributed by atoms with E-state index < -0.39 is 0 Å². The Hall–Kier alpha value is -5.41. The van der Waals surface area contributed by atoms with Gasteiger partial charge in [0.25, 0.3) is 0 Å². The summed E-state index contributed by atoms with van der Waals surface area (Å²) in [6.45, 7) is 4.68. The second-order valence-electron chi connectivity index (χ2n) is 11.7. The van der Waals surface area contributed by atoms with Crippen molar-refractivity contribution in [3.63, 3.8) is 0 Å². The van der Waals surface area contributed by atoms with Gasteiger partial charge in [0.05, 0.1) is 0 Å². The van der Waals surface area contributed by atoms with Gasteiger partial charge in [-0.1, -0.05) is 141 Å². The van der Waals surface area contributed by atoms with E-state index in [4.69, 9.17) is 15.0 Å². The monoisotopic (exact) mass is 551 g/mol. The summed E-state index contributed by atoms with van der Waals surface area (Å²) in [6, 6.07) is 48.9. The van der Waals surface area contributed by atoms with Gasteiger partial charge in [0.15, 0.2) is 17.5 Å². The maximum absolute atomic E-state index is 4.98. The molecule has 1 aliphatic rings. The Bertz CT molecular complexity index is 2090. The molecule has 0 spiro atoms. The van der Waals surface area contributed by atoms with Crippen LogP contribution < -0.4 is 0 Å². The molecule has 0 radical (unpaired) electrons. The van der Waals surface area contributed by atoms with E-state index >= 15 is 0 Å². The van der Waals surface area contributed by atoms with Crippen LogP contribution in [0.3, 0.4) is 0 Å². The van der Waals surface area contributed by atoms with E-state index in [1.54, 1.807) is 0 Å². The molecule has 1 heterocycles. The smallest absolute Gasteiger partial charge is 0.164 e. The van der Waals surface area contributed by atoms with Gasteiger partial charge in [-0.25, -0.2) is 15.0 Å². The third-order valence-corrected chi connectivity index (χ3v) is 8.72. The van der Waals surface area contributed by atoms with Crippen LogP contribution >= 0.6 is 0 Å². The Labute approximate surface area is 251 Å². The largest absolute Gasteiger partial charge is 0.208 e. The van der Waals surface area contributed by atoms with Crippen molar-refractivity contribution in [2.24, 2.45) is 0 Å². The number of hydrogen-bond acceptors (Lipinski definition) is 3. The summed E-state index contributed by atoms with van der Waals surface area (Å²) in [4.78, 5) is 14.8. The number of rotatable bonds is 4. The van der Waals surface area contributed by atoms with Crippen molar-refractivity contribution in [2.45, 2.75) is 19.3 Å². The highest BCUT2D eigenvalue weighted by Gasteiger charge is 2.36. The number of hydrogen-bond donors (Lipinski definition) is 0. The van der Waals surface area contributed by atoms with Crippen LogP contribution in [0.15, 0.2) is 140 Å². The van der Waals surface area contributed by atoms with E-state index in [1.807, 2.05) is 60.7 Å². The maximum atomic E-state index is 4.98. The van der Waals surface area contributed by atoms with Crippen LogP contribution in [0, 0.1) is 0 Å². The Morgan fingerprint density at radius 1 is 0.395 bits per heavy atom. The lowest BCUT2D eigenvalue weighted by Crippen LogP contribution is -2.15. The van der Waals surface area contributed by atoms with Gasteiger partial charge in [0.1, 0.15) is 0 Å². The van der Waals surface area contributed by atoms with E-state index in [1.165, 1.54) is 38.6 Å². The van der Waals surface area contributed by atoms with Crippen LogP contribution in [-0.2, 0) is 5.41 Å². The average molecular weight is 552 g/mol. The molecule has 0 saturated heterocycles. The van der Waals surface area contributed by atoms with E-state index in [0.29, 0.717) is 17.5 Å². The summed E-state index contributed by atoms with van der Waals surface area (Å²) in [5.74, 6) is 1.99. The predicted molar refractivity (Wildman–Crippen MR) is 177 cm³/mol. The average Bonchev–Trinajstić information content (AvgIpc) is 3.31. The summed E-state index contributed by atoms with van der Waals surface area (Å²) in [6.07, 6.45) is 0. The Morgan fingerprint density at radius 2 is 0.907 bits per heavy atom. The van der Waals surface area contributed by atoms with Gasteiger partial charge in [-0.05, 0) is 56.3 Å².